The third kappa shape index (κ3) is 3.85. The second-order valence-corrected chi connectivity index (χ2v) is 8.74. The molecule has 1 aromatic carbocycles. The van der Waals surface area contributed by atoms with Crippen LogP contribution in [0.15, 0.2) is 42.5 Å². The zero-order chi connectivity index (χ0) is 18.9. The van der Waals surface area contributed by atoms with E-state index in [-0.39, 0.29) is 16.8 Å². The van der Waals surface area contributed by atoms with Crippen LogP contribution in [0.1, 0.15) is 33.7 Å². The van der Waals surface area contributed by atoms with Gasteiger partial charge in [0.2, 0.25) is 0 Å². The Kier molecular flexibility index (Phi) is 4.90. The third-order valence-electron chi connectivity index (χ3n) is 5.07. The summed E-state index contributed by atoms with van der Waals surface area (Å²) in [6.07, 6.45) is 1.17. The molecule has 1 amide bonds. The lowest BCUT2D eigenvalue weighted by atomic mass is 9.92. The summed E-state index contributed by atoms with van der Waals surface area (Å²) in [5, 5.41) is 9.00. The molecule has 0 radical (unpaired) electrons. The van der Waals surface area contributed by atoms with Crippen molar-refractivity contribution < 1.29 is 9.53 Å². The fourth-order valence-corrected chi connectivity index (χ4v) is 5.26. The number of hydrogen-bond acceptors (Lipinski definition) is 5. The Morgan fingerprint density at radius 2 is 2.19 bits per heavy atom. The van der Waals surface area contributed by atoms with E-state index in [0.717, 1.165) is 36.7 Å². The number of aryl methyl sites for hydroxylation is 1. The molecule has 1 spiro atoms. The van der Waals surface area contributed by atoms with Gasteiger partial charge in [-0.25, -0.2) is 0 Å². The van der Waals surface area contributed by atoms with Gasteiger partial charge in [-0.1, -0.05) is 12.1 Å². The quantitative estimate of drug-likeness (QED) is 0.816. The lowest BCUT2D eigenvalue weighted by molar-refractivity contribution is 0.0245. The Labute approximate surface area is 163 Å². The first-order valence-electron chi connectivity index (χ1n) is 9.04. The fraction of sp³-hybridized carbons (Fsp3) is 0.381. The number of aromatic nitrogens is 1. The summed E-state index contributed by atoms with van der Waals surface area (Å²) in [5.74, 6) is 0.962. The molecule has 4 rings (SSSR count). The normalized spacial score (nSPS) is 20.3. The zero-order valence-corrected chi connectivity index (χ0v) is 16.0. The van der Waals surface area contributed by atoms with Gasteiger partial charge in [-0.15, -0.1) is 11.8 Å². The van der Waals surface area contributed by atoms with Gasteiger partial charge in [0.1, 0.15) is 0 Å². The zero-order valence-electron chi connectivity index (χ0n) is 15.2. The molecular weight excluding hydrogens is 358 g/mol. The number of carbonyl (C=O) groups is 1. The van der Waals surface area contributed by atoms with Gasteiger partial charge in [0, 0.05) is 30.1 Å². The molecule has 0 bridgehead atoms. The van der Waals surface area contributed by atoms with Gasteiger partial charge < -0.3 is 9.64 Å². The highest BCUT2D eigenvalue weighted by molar-refractivity contribution is 8.01. The molecule has 2 aliphatic rings. The van der Waals surface area contributed by atoms with Crippen LogP contribution in [-0.2, 0) is 11.3 Å². The van der Waals surface area contributed by atoms with E-state index in [1.807, 2.05) is 41.8 Å². The average molecular weight is 379 g/mol. The first kappa shape index (κ1) is 18.0. The van der Waals surface area contributed by atoms with Gasteiger partial charge in [0.15, 0.2) is 0 Å². The molecule has 1 aromatic heterocycles. The van der Waals surface area contributed by atoms with Gasteiger partial charge in [-0.3, -0.25) is 9.78 Å². The number of thioether (sulfide) groups is 1. The van der Waals surface area contributed by atoms with Crippen molar-refractivity contribution in [2.75, 3.05) is 18.8 Å². The lowest BCUT2D eigenvalue weighted by Gasteiger charge is -2.47. The van der Waals surface area contributed by atoms with Gasteiger partial charge in [0.05, 0.1) is 34.8 Å². The standard InChI is InChI=1S/C21H21N3O2S/c1-15-4-2-7-18(23-15)11-26-19-9-21(27-12-19)13-24(14-21)20(25)17-6-3-5-16(8-17)10-22/h2-8,19H,9,11-14H2,1H3/t19-/m0/s1. The second kappa shape index (κ2) is 7.34. The Bertz CT molecular complexity index is 902. The number of pyridine rings is 1. The van der Waals surface area contributed by atoms with Crippen LogP contribution < -0.4 is 0 Å². The van der Waals surface area contributed by atoms with E-state index in [4.69, 9.17) is 10.00 Å². The SMILES string of the molecule is Cc1cccc(CO[C@@H]2CSC3(C2)CN(C(=O)c2cccc(C#N)c2)C3)n1. The molecule has 0 saturated carbocycles. The van der Waals surface area contributed by atoms with Crippen LogP contribution in [-0.4, -0.2) is 45.5 Å². The third-order valence-corrected chi connectivity index (χ3v) is 6.65. The summed E-state index contributed by atoms with van der Waals surface area (Å²) < 4.78 is 6.18. The van der Waals surface area contributed by atoms with E-state index in [1.54, 1.807) is 24.3 Å². The summed E-state index contributed by atoms with van der Waals surface area (Å²) >= 11 is 1.91. The second-order valence-electron chi connectivity index (χ2n) is 7.26. The van der Waals surface area contributed by atoms with Crippen molar-refractivity contribution >= 4 is 17.7 Å². The number of amides is 1. The summed E-state index contributed by atoms with van der Waals surface area (Å²) in [4.78, 5) is 19.0. The topological polar surface area (TPSA) is 66.2 Å². The van der Waals surface area contributed by atoms with E-state index >= 15 is 0 Å². The van der Waals surface area contributed by atoms with Crippen LogP contribution >= 0.6 is 11.8 Å². The summed E-state index contributed by atoms with van der Waals surface area (Å²) in [6.45, 7) is 4.01. The molecule has 0 N–H and O–H groups in total. The van der Waals surface area contributed by atoms with Crippen molar-refractivity contribution in [2.24, 2.45) is 0 Å². The van der Waals surface area contributed by atoms with Crippen molar-refractivity contribution in [3.05, 3.63) is 65.0 Å². The molecule has 2 aromatic rings. The maximum absolute atomic E-state index is 12.6. The highest BCUT2D eigenvalue weighted by Crippen LogP contribution is 2.46. The molecule has 2 saturated heterocycles. The highest BCUT2D eigenvalue weighted by atomic mass is 32.2. The monoisotopic (exact) mass is 379 g/mol. The average Bonchev–Trinajstić information content (AvgIpc) is 3.09. The first-order chi connectivity index (χ1) is 13.1. The molecule has 138 valence electrons. The van der Waals surface area contributed by atoms with Crippen LogP contribution in [0.5, 0.6) is 0 Å². The van der Waals surface area contributed by atoms with Crippen molar-refractivity contribution in [3.63, 3.8) is 0 Å². The van der Waals surface area contributed by atoms with Crippen LogP contribution in [0.2, 0.25) is 0 Å². The Balaban J connectivity index is 1.30. The molecule has 27 heavy (non-hydrogen) atoms. The molecule has 3 heterocycles. The van der Waals surface area contributed by atoms with Gasteiger partial charge in [-0.2, -0.15) is 5.26 Å². The predicted molar refractivity (Wildman–Crippen MR) is 104 cm³/mol. The number of carbonyl (C=O) groups excluding carboxylic acids is 1. The first-order valence-corrected chi connectivity index (χ1v) is 10.0. The van der Waals surface area contributed by atoms with Crippen LogP contribution in [0.4, 0.5) is 0 Å². The Morgan fingerprint density at radius 1 is 1.37 bits per heavy atom. The number of hydrogen-bond donors (Lipinski definition) is 0. The minimum Gasteiger partial charge on any atom is -0.371 e. The molecule has 2 aliphatic heterocycles. The van der Waals surface area contributed by atoms with E-state index in [9.17, 15) is 4.79 Å². The van der Waals surface area contributed by atoms with E-state index in [0.29, 0.717) is 17.7 Å². The molecule has 2 fully saturated rings. The maximum Gasteiger partial charge on any atom is 0.253 e. The Hall–Kier alpha value is -2.36. The van der Waals surface area contributed by atoms with Crippen LogP contribution in [0.25, 0.3) is 0 Å². The van der Waals surface area contributed by atoms with Crippen LogP contribution in [0.3, 0.4) is 0 Å². The fourth-order valence-electron chi connectivity index (χ4n) is 3.71. The number of nitrogens with zero attached hydrogens (tertiary/aromatic N) is 3. The van der Waals surface area contributed by atoms with E-state index in [1.165, 1.54) is 0 Å². The largest absolute Gasteiger partial charge is 0.371 e. The minimum absolute atomic E-state index is 0.00616. The van der Waals surface area contributed by atoms with Gasteiger partial charge in [-0.05, 0) is 43.7 Å². The number of benzene rings is 1. The van der Waals surface area contributed by atoms with E-state index < -0.39 is 0 Å². The van der Waals surface area contributed by atoms with Gasteiger partial charge in [0.25, 0.3) is 5.91 Å². The molecule has 0 unspecified atom stereocenters. The van der Waals surface area contributed by atoms with Crippen molar-refractivity contribution in [3.8, 4) is 6.07 Å². The summed E-state index contributed by atoms with van der Waals surface area (Å²) in [6, 6.07) is 15.0. The molecule has 0 aliphatic carbocycles. The Morgan fingerprint density at radius 3 is 2.96 bits per heavy atom. The van der Waals surface area contributed by atoms with E-state index in [2.05, 4.69) is 11.1 Å². The lowest BCUT2D eigenvalue weighted by Crippen LogP contribution is -2.60. The molecule has 6 heteroatoms. The van der Waals surface area contributed by atoms with Crippen molar-refractivity contribution in [1.29, 1.82) is 5.26 Å². The number of likely N-dealkylation sites (tertiary alicyclic amines) is 1. The summed E-state index contributed by atoms with van der Waals surface area (Å²) in [5.41, 5.74) is 3.07. The number of rotatable bonds is 4. The van der Waals surface area contributed by atoms with Crippen molar-refractivity contribution in [2.45, 2.75) is 30.8 Å². The maximum atomic E-state index is 12.6. The predicted octanol–water partition coefficient (Wildman–Crippen LogP) is 3.18. The summed E-state index contributed by atoms with van der Waals surface area (Å²) in [7, 11) is 0. The smallest absolute Gasteiger partial charge is 0.253 e. The minimum atomic E-state index is 0.00616. The molecule has 1 atom stereocenters. The number of ether oxygens (including phenoxy) is 1. The highest BCUT2D eigenvalue weighted by Gasteiger charge is 2.51. The van der Waals surface area contributed by atoms with Crippen molar-refractivity contribution in [1.82, 2.24) is 9.88 Å². The van der Waals surface area contributed by atoms with Crippen LogP contribution in [0, 0.1) is 18.3 Å². The number of nitriles is 1. The molecular formula is C21H21N3O2S. The van der Waals surface area contributed by atoms with Gasteiger partial charge >= 0.3 is 0 Å². The molecule has 5 nitrogen and oxygen atoms in total.